The summed E-state index contributed by atoms with van der Waals surface area (Å²) >= 11 is 1.71. The van der Waals surface area contributed by atoms with Gasteiger partial charge in [-0.1, -0.05) is 0 Å². The Kier molecular flexibility index (Phi) is 4.58. The maximum Gasteiger partial charge on any atom is 0.129 e. The van der Waals surface area contributed by atoms with Crippen molar-refractivity contribution in [2.45, 2.75) is 17.6 Å². The Bertz CT molecular complexity index is 1050. The van der Waals surface area contributed by atoms with Crippen LogP contribution in [0.3, 0.4) is 0 Å². The molecule has 0 aliphatic heterocycles. The van der Waals surface area contributed by atoms with E-state index in [0.29, 0.717) is 11.5 Å². The highest BCUT2D eigenvalue weighted by Gasteiger charge is 2.06. The fourth-order valence-electron chi connectivity index (χ4n) is 2.57. The molecule has 0 spiro atoms. The molecule has 6 heteroatoms. The van der Waals surface area contributed by atoms with Gasteiger partial charge in [-0.05, 0) is 55.5 Å². The second-order valence-corrected chi connectivity index (χ2v) is 6.89. The zero-order valence-corrected chi connectivity index (χ0v) is 14.9. The normalized spacial score (nSPS) is 11.0. The van der Waals surface area contributed by atoms with Crippen LogP contribution in [0.25, 0.3) is 11.0 Å². The molecule has 0 bridgehead atoms. The van der Waals surface area contributed by atoms with Gasteiger partial charge in [0.05, 0.1) is 16.8 Å². The number of fused-ring (bicyclic) bond motifs is 1. The second kappa shape index (κ2) is 7.17. The number of nitrogens with one attached hydrogen (secondary N) is 1. The van der Waals surface area contributed by atoms with Crippen LogP contribution >= 0.6 is 11.8 Å². The van der Waals surface area contributed by atoms with Crippen LogP contribution in [0.15, 0.2) is 65.7 Å². The Morgan fingerprint density at radius 3 is 2.65 bits per heavy atom. The Morgan fingerprint density at radius 1 is 1.04 bits per heavy atom. The number of nitrogens with zero attached hydrogens (tertiary/aromatic N) is 2. The zero-order valence-electron chi connectivity index (χ0n) is 14.1. The van der Waals surface area contributed by atoms with Gasteiger partial charge >= 0.3 is 0 Å². The van der Waals surface area contributed by atoms with Crippen molar-refractivity contribution in [1.82, 2.24) is 15.0 Å². The first-order chi connectivity index (χ1) is 12.7. The number of H-pyrrole nitrogens is 1. The minimum atomic E-state index is -0.284. The van der Waals surface area contributed by atoms with Gasteiger partial charge in [0.2, 0.25) is 0 Å². The number of halogens is 1. The maximum atomic E-state index is 13.0. The monoisotopic (exact) mass is 365 g/mol. The van der Waals surface area contributed by atoms with E-state index in [2.05, 4.69) is 21.0 Å². The summed E-state index contributed by atoms with van der Waals surface area (Å²) in [6.07, 6.45) is 1.81. The van der Waals surface area contributed by atoms with Gasteiger partial charge in [-0.3, -0.25) is 4.98 Å². The first-order valence-electron chi connectivity index (χ1n) is 8.13. The summed E-state index contributed by atoms with van der Waals surface area (Å²) in [6, 6.07) is 15.7. The Hall–Kier alpha value is -2.86. The molecule has 0 aliphatic carbocycles. The van der Waals surface area contributed by atoms with Crippen LogP contribution in [0.2, 0.25) is 0 Å². The van der Waals surface area contributed by atoms with Gasteiger partial charge in [-0.25, -0.2) is 9.37 Å². The molecule has 0 radical (unpaired) electrons. The third kappa shape index (κ3) is 3.86. The number of hydrogen-bond acceptors (Lipinski definition) is 4. The number of rotatable bonds is 5. The lowest BCUT2D eigenvalue weighted by Crippen LogP contribution is -1.85. The molecule has 1 N–H and O–H groups in total. The fourth-order valence-corrected chi connectivity index (χ4v) is 3.42. The minimum Gasteiger partial charge on any atom is -0.457 e. The summed E-state index contributed by atoms with van der Waals surface area (Å²) in [6.45, 7) is 1.98. The van der Waals surface area contributed by atoms with Crippen molar-refractivity contribution in [3.05, 3.63) is 78.1 Å². The fraction of sp³-hybridized carbons (Fsp3) is 0.100. The van der Waals surface area contributed by atoms with E-state index in [1.165, 1.54) is 17.0 Å². The molecule has 0 aliphatic rings. The number of benzene rings is 2. The molecule has 4 rings (SSSR count). The lowest BCUT2D eigenvalue weighted by Gasteiger charge is -2.05. The van der Waals surface area contributed by atoms with Crippen LogP contribution in [0, 0.1) is 12.7 Å². The highest BCUT2D eigenvalue weighted by Crippen LogP contribution is 2.27. The third-order valence-corrected chi connectivity index (χ3v) is 4.80. The zero-order chi connectivity index (χ0) is 17.9. The highest BCUT2D eigenvalue weighted by atomic mass is 32.2. The van der Waals surface area contributed by atoms with Gasteiger partial charge in [0.25, 0.3) is 0 Å². The molecular weight excluding hydrogens is 349 g/mol. The van der Waals surface area contributed by atoms with Crippen LogP contribution in [0.5, 0.6) is 11.5 Å². The number of pyridine rings is 1. The molecule has 4 aromatic rings. The Labute approximate surface area is 154 Å². The van der Waals surface area contributed by atoms with Crippen molar-refractivity contribution in [2.75, 3.05) is 0 Å². The van der Waals surface area contributed by atoms with Gasteiger partial charge in [-0.15, -0.1) is 11.8 Å². The van der Waals surface area contributed by atoms with Gasteiger partial charge in [0, 0.05) is 22.9 Å². The van der Waals surface area contributed by atoms with Gasteiger partial charge in [0.15, 0.2) is 0 Å². The number of thioether (sulfide) groups is 1. The van der Waals surface area contributed by atoms with E-state index in [9.17, 15) is 4.39 Å². The minimum absolute atomic E-state index is 0.284. The van der Waals surface area contributed by atoms with Crippen molar-refractivity contribution in [3.63, 3.8) is 0 Å². The van der Waals surface area contributed by atoms with Crippen molar-refractivity contribution < 1.29 is 9.13 Å². The topological polar surface area (TPSA) is 50.8 Å². The lowest BCUT2D eigenvalue weighted by molar-refractivity contribution is 0.481. The molecule has 26 heavy (non-hydrogen) atoms. The molecule has 2 heterocycles. The lowest BCUT2D eigenvalue weighted by atomic mass is 10.3. The average Bonchev–Trinajstić information content (AvgIpc) is 3.04. The second-order valence-electron chi connectivity index (χ2n) is 5.84. The number of imidazole rings is 1. The SMILES string of the molecule is Cc1cc(SCc2nc3ccc(Oc4ccc(F)cc4)cc3[nH]2)ccn1. The van der Waals surface area contributed by atoms with E-state index < -0.39 is 0 Å². The van der Waals surface area contributed by atoms with Crippen LogP contribution in [-0.2, 0) is 5.75 Å². The predicted molar refractivity (Wildman–Crippen MR) is 101 cm³/mol. The van der Waals surface area contributed by atoms with Crippen LogP contribution in [0.1, 0.15) is 11.5 Å². The Morgan fingerprint density at radius 2 is 1.85 bits per heavy atom. The van der Waals surface area contributed by atoms with E-state index in [-0.39, 0.29) is 5.82 Å². The van der Waals surface area contributed by atoms with Crippen molar-refractivity contribution in [3.8, 4) is 11.5 Å². The number of hydrogen-bond donors (Lipinski definition) is 1. The number of aromatic amines is 1. The summed E-state index contributed by atoms with van der Waals surface area (Å²) in [5.41, 5.74) is 2.80. The standard InChI is InChI=1S/C20H16FN3OS/c1-13-10-17(8-9-22-13)26-12-20-23-18-7-6-16(11-19(18)24-20)25-15-4-2-14(21)3-5-15/h2-11H,12H2,1H3,(H,23,24). The number of ether oxygens (including phenoxy) is 1. The molecule has 130 valence electrons. The van der Waals surface area contributed by atoms with Crippen molar-refractivity contribution in [2.24, 2.45) is 0 Å². The van der Waals surface area contributed by atoms with Crippen LogP contribution in [0.4, 0.5) is 4.39 Å². The molecular formula is C20H16FN3OS. The molecule has 0 unspecified atom stereocenters. The summed E-state index contributed by atoms with van der Waals surface area (Å²) in [7, 11) is 0. The average molecular weight is 365 g/mol. The first-order valence-corrected chi connectivity index (χ1v) is 9.12. The van der Waals surface area contributed by atoms with Crippen LogP contribution in [-0.4, -0.2) is 15.0 Å². The van der Waals surface area contributed by atoms with E-state index in [1.54, 1.807) is 23.9 Å². The molecule has 2 aromatic heterocycles. The largest absolute Gasteiger partial charge is 0.457 e. The van der Waals surface area contributed by atoms with Crippen molar-refractivity contribution in [1.29, 1.82) is 0 Å². The van der Waals surface area contributed by atoms with Gasteiger partial charge in [-0.2, -0.15) is 0 Å². The predicted octanol–water partition coefficient (Wildman–Crippen LogP) is 5.49. The summed E-state index contributed by atoms with van der Waals surface area (Å²) in [5.74, 6) is 2.63. The van der Waals surface area contributed by atoms with E-state index in [1.807, 2.05) is 37.4 Å². The maximum absolute atomic E-state index is 13.0. The molecule has 0 saturated heterocycles. The molecule has 2 aromatic carbocycles. The molecule has 0 amide bonds. The van der Waals surface area contributed by atoms with Crippen molar-refractivity contribution >= 4 is 22.8 Å². The van der Waals surface area contributed by atoms with E-state index in [4.69, 9.17) is 4.74 Å². The molecule has 0 atom stereocenters. The van der Waals surface area contributed by atoms with E-state index in [0.717, 1.165) is 28.3 Å². The molecule has 0 fully saturated rings. The third-order valence-electron chi connectivity index (χ3n) is 3.80. The van der Waals surface area contributed by atoms with Gasteiger partial charge < -0.3 is 9.72 Å². The highest BCUT2D eigenvalue weighted by molar-refractivity contribution is 7.98. The smallest absolute Gasteiger partial charge is 0.129 e. The molecule has 4 nitrogen and oxygen atoms in total. The van der Waals surface area contributed by atoms with Gasteiger partial charge in [0.1, 0.15) is 23.1 Å². The van der Waals surface area contributed by atoms with Crippen LogP contribution < -0.4 is 4.74 Å². The quantitative estimate of drug-likeness (QED) is 0.475. The first kappa shape index (κ1) is 16.6. The summed E-state index contributed by atoms with van der Waals surface area (Å²) < 4.78 is 18.7. The summed E-state index contributed by atoms with van der Waals surface area (Å²) in [5, 5.41) is 0. The number of aromatic nitrogens is 3. The summed E-state index contributed by atoms with van der Waals surface area (Å²) in [4.78, 5) is 13.3. The molecule has 0 saturated carbocycles. The number of aryl methyl sites for hydroxylation is 1. The van der Waals surface area contributed by atoms with E-state index >= 15 is 0 Å². The Balaban J connectivity index is 1.49.